The highest BCUT2D eigenvalue weighted by Gasteiger charge is 2.31. The molecule has 3 rings (SSSR count). The number of benzene rings is 2. The van der Waals surface area contributed by atoms with Crippen LogP contribution in [0.25, 0.3) is 0 Å². The van der Waals surface area contributed by atoms with Crippen LogP contribution in [0.2, 0.25) is 0 Å². The highest BCUT2D eigenvalue weighted by molar-refractivity contribution is 7.94. The van der Waals surface area contributed by atoms with Crippen molar-refractivity contribution in [3.8, 4) is 0 Å². The Balaban J connectivity index is 2.01. The van der Waals surface area contributed by atoms with Crippen LogP contribution in [0, 0.1) is 12.7 Å². The second kappa shape index (κ2) is 6.20. The average molecular weight is 345 g/mol. The minimum Gasteiger partial charge on any atom is -0.300 e. The fourth-order valence-electron chi connectivity index (χ4n) is 2.62. The zero-order chi connectivity index (χ0) is 17.3. The predicted octanol–water partition coefficient (Wildman–Crippen LogP) is 3.09. The van der Waals surface area contributed by atoms with Crippen LogP contribution >= 0.6 is 0 Å². The SMILES string of the molecule is Cc1ccc(N(C(=O)c2ccc(F)cc2)C2C=CS(=O)(=O)C2)cc1. The Labute approximate surface area is 140 Å². The molecule has 0 saturated heterocycles. The largest absolute Gasteiger partial charge is 0.300 e. The van der Waals surface area contributed by atoms with E-state index in [1.807, 2.05) is 19.1 Å². The van der Waals surface area contributed by atoms with Gasteiger partial charge in [-0.1, -0.05) is 17.7 Å². The van der Waals surface area contributed by atoms with Gasteiger partial charge in [-0.2, -0.15) is 0 Å². The molecule has 0 aliphatic carbocycles. The van der Waals surface area contributed by atoms with E-state index in [0.717, 1.165) is 11.0 Å². The molecule has 0 N–H and O–H groups in total. The first-order valence-corrected chi connectivity index (χ1v) is 9.14. The number of carbonyl (C=O) groups excluding carboxylic acids is 1. The Morgan fingerprint density at radius 3 is 2.25 bits per heavy atom. The Kier molecular flexibility index (Phi) is 4.24. The molecule has 124 valence electrons. The van der Waals surface area contributed by atoms with E-state index < -0.39 is 21.7 Å². The number of anilines is 1. The van der Waals surface area contributed by atoms with Crippen molar-refractivity contribution in [1.82, 2.24) is 0 Å². The van der Waals surface area contributed by atoms with Crippen molar-refractivity contribution in [3.63, 3.8) is 0 Å². The normalized spacial score (nSPS) is 18.5. The monoisotopic (exact) mass is 345 g/mol. The minimum absolute atomic E-state index is 0.159. The van der Waals surface area contributed by atoms with Gasteiger partial charge in [0, 0.05) is 16.7 Å². The number of carbonyl (C=O) groups is 1. The summed E-state index contributed by atoms with van der Waals surface area (Å²) in [5.41, 5.74) is 1.93. The summed E-state index contributed by atoms with van der Waals surface area (Å²) in [6.07, 6.45) is 1.51. The first kappa shape index (κ1) is 16.4. The summed E-state index contributed by atoms with van der Waals surface area (Å²) in [4.78, 5) is 14.4. The van der Waals surface area contributed by atoms with Gasteiger partial charge in [0.2, 0.25) is 0 Å². The minimum atomic E-state index is -3.31. The molecule has 2 aromatic rings. The maximum Gasteiger partial charge on any atom is 0.258 e. The van der Waals surface area contributed by atoms with Gasteiger partial charge >= 0.3 is 0 Å². The van der Waals surface area contributed by atoms with Gasteiger partial charge in [0.15, 0.2) is 9.84 Å². The van der Waals surface area contributed by atoms with Gasteiger partial charge in [0.25, 0.3) is 5.91 Å². The van der Waals surface area contributed by atoms with Crippen LogP contribution in [0.5, 0.6) is 0 Å². The molecule has 6 heteroatoms. The Hall–Kier alpha value is -2.47. The molecule has 0 aromatic heterocycles. The molecular formula is C18H16FNO3S. The lowest BCUT2D eigenvalue weighted by atomic mass is 10.1. The van der Waals surface area contributed by atoms with Crippen LogP contribution in [0.3, 0.4) is 0 Å². The molecule has 1 atom stereocenters. The number of sulfone groups is 1. The molecular weight excluding hydrogens is 329 g/mol. The number of aryl methyl sites for hydroxylation is 1. The number of halogens is 1. The molecule has 1 amide bonds. The third-order valence-corrected chi connectivity index (χ3v) is 5.24. The predicted molar refractivity (Wildman–Crippen MR) is 91.1 cm³/mol. The lowest BCUT2D eigenvalue weighted by Crippen LogP contribution is -2.41. The van der Waals surface area contributed by atoms with Crippen LogP contribution in [0.15, 0.2) is 60.0 Å². The van der Waals surface area contributed by atoms with Crippen molar-refractivity contribution in [2.45, 2.75) is 13.0 Å². The Bertz CT molecular complexity index is 887. The zero-order valence-corrected chi connectivity index (χ0v) is 13.8. The second-order valence-corrected chi connectivity index (χ2v) is 7.67. The van der Waals surface area contributed by atoms with Crippen molar-refractivity contribution in [1.29, 1.82) is 0 Å². The third-order valence-electron chi connectivity index (χ3n) is 3.86. The van der Waals surface area contributed by atoms with E-state index in [1.165, 1.54) is 35.2 Å². The fraction of sp³-hybridized carbons (Fsp3) is 0.167. The van der Waals surface area contributed by atoms with Gasteiger partial charge in [-0.15, -0.1) is 0 Å². The van der Waals surface area contributed by atoms with E-state index in [2.05, 4.69) is 0 Å². The smallest absolute Gasteiger partial charge is 0.258 e. The van der Waals surface area contributed by atoms with Gasteiger partial charge in [-0.3, -0.25) is 4.79 Å². The molecule has 0 spiro atoms. The third kappa shape index (κ3) is 3.38. The summed E-state index contributed by atoms with van der Waals surface area (Å²) in [7, 11) is -3.31. The molecule has 4 nitrogen and oxygen atoms in total. The van der Waals surface area contributed by atoms with E-state index in [4.69, 9.17) is 0 Å². The number of hydrogen-bond donors (Lipinski definition) is 0. The summed E-state index contributed by atoms with van der Waals surface area (Å²) < 4.78 is 36.6. The number of nitrogens with zero attached hydrogens (tertiary/aromatic N) is 1. The van der Waals surface area contributed by atoms with Crippen LogP contribution in [0.1, 0.15) is 15.9 Å². The standard InChI is InChI=1S/C18H16FNO3S/c1-13-2-8-16(9-3-13)20(17-10-11-24(22,23)12-17)18(21)14-4-6-15(19)7-5-14/h2-11,17H,12H2,1H3. The molecule has 24 heavy (non-hydrogen) atoms. The number of hydrogen-bond acceptors (Lipinski definition) is 3. The maximum atomic E-state index is 13.1. The molecule has 0 fully saturated rings. The summed E-state index contributed by atoms with van der Waals surface area (Å²) in [5, 5.41) is 1.14. The molecule has 0 radical (unpaired) electrons. The molecule has 0 saturated carbocycles. The first-order chi connectivity index (χ1) is 11.4. The summed E-state index contributed by atoms with van der Waals surface area (Å²) in [5.74, 6) is -0.962. The molecule has 1 aliphatic heterocycles. The van der Waals surface area contributed by atoms with Gasteiger partial charge in [-0.05, 0) is 49.4 Å². The highest BCUT2D eigenvalue weighted by Crippen LogP contribution is 2.25. The molecule has 0 bridgehead atoms. The van der Waals surface area contributed by atoms with E-state index in [9.17, 15) is 17.6 Å². The highest BCUT2D eigenvalue weighted by atomic mass is 32.2. The lowest BCUT2D eigenvalue weighted by Gasteiger charge is -2.28. The van der Waals surface area contributed by atoms with E-state index in [1.54, 1.807) is 12.1 Å². The van der Waals surface area contributed by atoms with Crippen molar-refractivity contribution >= 4 is 21.4 Å². The summed E-state index contributed by atoms with van der Waals surface area (Å²) in [6.45, 7) is 1.93. The van der Waals surface area contributed by atoms with E-state index in [-0.39, 0.29) is 11.7 Å². The lowest BCUT2D eigenvalue weighted by molar-refractivity contribution is 0.0983. The van der Waals surface area contributed by atoms with Crippen molar-refractivity contribution in [2.24, 2.45) is 0 Å². The zero-order valence-electron chi connectivity index (χ0n) is 13.0. The molecule has 2 aromatic carbocycles. The van der Waals surface area contributed by atoms with Crippen molar-refractivity contribution in [3.05, 3.63) is 77.0 Å². The Morgan fingerprint density at radius 2 is 1.71 bits per heavy atom. The Morgan fingerprint density at radius 1 is 1.08 bits per heavy atom. The number of amides is 1. The fourth-order valence-corrected chi connectivity index (χ4v) is 3.88. The molecule has 1 heterocycles. The van der Waals surface area contributed by atoms with E-state index >= 15 is 0 Å². The van der Waals surface area contributed by atoms with Crippen LogP contribution < -0.4 is 4.90 Å². The second-order valence-electron chi connectivity index (χ2n) is 5.74. The summed E-state index contributed by atoms with van der Waals surface area (Å²) >= 11 is 0. The molecule has 1 unspecified atom stereocenters. The van der Waals surface area contributed by atoms with Gasteiger partial charge < -0.3 is 4.90 Å². The van der Waals surface area contributed by atoms with E-state index in [0.29, 0.717) is 11.3 Å². The van der Waals surface area contributed by atoms with Gasteiger partial charge in [0.05, 0.1) is 11.8 Å². The maximum absolute atomic E-state index is 13.1. The van der Waals surface area contributed by atoms with Crippen molar-refractivity contribution in [2.75, 3.05) is 10.7 Å². The first-order valence-electron chi connectivity index (χ1n) is 7.42. The number of rotatable bonds is 3. The quantitative estimate of drug-likeness (QED) is 0.859. The molecule has 1 aliphatic rings. The van der Waals surface area contributed by atoms with Crippen LogP contribution in [-0.2, 0) is 9.84 Å². The summed E-state index contributed by atoms with van der Waals surface area (Å²) in [6, 6.07) is 11.9. The van der Waals surface area contributed by atoms with Crippen LogP contribution in [0.4, 0.5) is 10.1 Å². The van der Waals surface area contributed by atoms with Gasteiger partial charge in [-0.25, -0.2) is 12.8 Å². The average Bonchev–Trinajstić information content (AvgIpc) is 2.90. The van der Waals surface area contributed by atoms with Crippen LogP contribution in [-0.4, -0.2) is 26.1 Å². The van der Waals surface area contributed by atoms with Crippen molar-refractivity contribution < 1.29 is 17.6 Å². The topological polar surface area (TPSA) is 54.5 Å². The van der Waals surface area contributed by atoms with Gasteiger partial charge in [0.1, 0.15) is 5.82 Å².